The number of rotatable bonds is 11. The predicted octanol–water partition coefficient (Wildman–Crippen LogP) is 2.34. The van der Waals surface area contributed by atoms with E-state index in [9.17, 15) is 4.79 Å². The first-order valence-corrected chi connectivity index (χ1v) is 11.5. The van der Waals surface area contributed by atoms with Crippen LogP contribution in [-0.2, 0) is 16.1 Å². The maximum absolute atomic E-state index is 12.0. The molecule has 0 aromatic heterocycles. The number of guanidine groups is 1. The number of piperidine rings is 1. The maximum atomic E-state index is 12.0. The summed E-state index contributed by atoms with van der Waals surface area (Å²) in [7, 11) is 3.51. The van der Waals surface area contributed by atoms with E-state index in [-0.39, 0.29) is 12.5 Å². The number of likely N-dealkylation sites (tertiary alicyclic amines) is 1. The van der Waals surface area contributed by atoms with Crippen molar-refractivity contribution in [1.29, 1.82) is 0 Å². The van der Waals surface area contributed by atoms with Crippen LogP contribution in [0, 0.1) is 5.92 Å². The summed E-state index contributed by atoms with van der Waals surface area (Å²) in [5, 5.41) is 6.92. The molecule has 1 heterocycles. The van der Waals surface area contributed by atoms with E-state index >= 15 is 0 Å². The summed E-state index contributed by atoms with van der Waals surface area (Å²) in [5.41, 5.74) is 1.36. The lowest BCUT2D eigenvalue weighted by atomic mass is 10.0. The van der Waals surface area contributed by atoms with Crippen LogP contribution in [-0.4, -0.2) is 81.2 Å². The highest BCUT2D eigenvalue weighted by molar-refractivity contribution is 5.84. The van der Waals surface area contributed by atoms with Gasteiger partial charge in [-0.1, -0.05) is 44.2 Å². The van der Waals surface area contributed by atoms with Crippen LogP contribution in [0.2, 0.25) is 0 Å². The molecule has 7 nitrogen and oxygen atoms in total. The van der Waals surface area contributed by atoms with Crippen LogP contribution in [0.25, 0.3) is 0 Å². The monoisotopic (exact) mass is 431 g/mol. The molecule has 174 valence electrons. The molecule has 0 aliphatic carbocycles. The van der Waals surface area contributed by atoms with Crippen molar-refractivity contribution in [2.75, 3.05) is 53.5 Å². The highest BCUT2D eigenvalue weighted by atomic mass is 16.5. The Morgan fingerprint density at radius 3 is 2.58 bits per heavy atom. The lowest BCUT2D eigenvalue weighted by molar-refractivity contribution is -0.127. The number of amides is 1. The van der Waals surface area contributed by atoms with Gasteiger partial charge in [0.05, 0.1) is 0 Å². The predicted molar refractivity (Wildman–Crippen MR) is 127 cm³/mol. The molecule has 1 aromatic carbocycles. The van der Waals surface area contributed by atoms with Gasteiger partial charge in [0.15, 0.2) is 5.96 Å². The number of hydrogen-bond acceptors (Lipinski definition) is 4. The van der Waals surface area contributed by atoms with Gasteiger partial charge in [0, 0.05) is 59.5 Å². The Morgan fingerprint density at radius 1 is 1.23 bits per heavy atom. The average molecular weight is 432 g/mol. The third kappa shape index (κ3) is 10.6. The standard InChI is InChI=1S/C24H41N5O2/c1-20(2)19-31-16-8-13-25-24(26-17-23(30)28(3)4)27-22-11-14-29(15-12-22)18-21-9-6-5-7-10-21/h5-7,9-10,20,22H,8,11-19H2,1-4H3,(H2,25,26,27). The molecule has 1 aliphatic rings. The van der Waals surface area contributed by atoms with Crippen LogP contribution in [0.1, 0.15) is 38.7 Å². The zero-order valence-electron chi connectivity index (χ0n) is 19.8. The molecule has 0 saturated carbocycles. The Labute approximate surface area is 188 Å². The quantitative estimate of drug-likeness (QED) is 0.320. The minimum Gasteiger partial charge on any atom is -0.381 e. The molecule has 0 radical (unpaired) electrons. The molecule has 0 spiro atoms. The van der Waals surface area contributed by atoms with Gasteiger partial charge in [-0.25, -0.2) is 4.99 Å². The van der Waals surface area contributed by atoms with E-state index in [0.717, 1.165) is 64.6 Å². The molecule has 2 N–H and O–H groups in total. The SMILES string of the molecule is CC(C)COCCCNC(=NCC(=O)N(C)C)NC1CCN(Cc2ccccc2)CC1. The maximum Gasteiger partial charge on any atom is 0.243 e. The van der Waals surface area contributed by atoms with Gasteiger partial charge < -0.3 is 20.3 Å². The second kappa shape index (κ2) is 14.0. The molecule has 7 heteroatoms. The fourth-order valence-corrected chi connectivity index (χ4v) is 3.41. The lowest BCUT2D eigenvalue weighted by Gasteiger charge is -2.33. The normalized spacial score (nSPS) is 15.8. The minimum atomic E-state index is -0.000882. The molecule has 0 unspecified atom stereocenters. The Bertz CT molecular complexity index is 655. The fourth-order valence-electron chi connectivity index (χ4n) is 3.41. The van der Waals surface area contributed by atoms with Crippen molar-refractivity contribution in [2.45, 2.75) is 45.7 Å². The second-order valence-electron chi connectivity index (χ2n) is 8.88. The van der Waals surface area contributed by atoms with Crippen LogP contribution >= 0.6 is 0 Å². The number of carbonyl (C=O) groups is 1. The van der Waals surface area contributed by atoms with Gasteiger partial charge in [-0.3, -0.25) is 9.69 Å². The van der Waals surface area contributed by atoms with E-state index < -0.39 is 0 Å². The molecular weight excluding hydrogens is 390 g/mol. The molecule has 1 aromatic rings. The number of aliphatic imine (C=N–C) groups is 1. The topological polar surface area (TPSA) is 69.2 Å². The Hall–Kier alpha value is -2.12. The number of benzene rings is 1. The zero-order chi connectivity index (χ0) is 22.5. The minimum absolute atomic E-state index is 0.000882. The van der Waals surface area contributed by atoms with E-state index in [1.165, 1.54) is 5.56 Å². The van der Waals surface area contributed by atoms with Gasteiger partial charge in [-0.2, -0.15) is 0 Å². The van der Waals surface area contributed by atoms with Crippen molar-refractivity contribution in [2.24, 2.45) is 10.9 Å². The summed E-state index contributed by atoms with van der Waals surface area (Å²) in [5.74, 6) is 1.27. The smallest absolute Gasteiger partial charge is 0.243 e. The van der Waals surface area contributed by atoms with E-state index in [4.69, 9.17) is 4.74 Å². The summed E-state index contributed by atoms with van der Waals surface area (Å²) in [6, 6.07) is 11.0. The van der Waals surface area contributed by atoms with E-state index in [0.29, 0.717) is 12.0 Å². The molecule has 2 rings (SSSR count). The highest BCUT2D eigenvalue weighted by Crippen LogP contribution is 2.13. The first-order chi connectivity index (χ1) is 14.9. The molecule has 1 amide bonds. The number of nitrogens with zero attached hydrogens (tertiary/aromatic N) is 3. The second-order valence-corrected chi connectivity index (χ2v) is 8.88. The molecule has 1 saturated heterocycles. The number of ether oxygens (including phenoxy) is 1. The number of nitrogens with one attached hydrogen (secondary N) is 2. The largest absolute Gasteiger partial charge is 0.381 e. The van der Waals surface area contributed by atoms with Crippen molar-refractivity contribution in [3.8, 4) is 0 Å². The van der Waals surface area contributed by atoms with Gasteiger partial charge in [0.1, 0.15) is 6.54 Å². The van der Waals surface area contributed by atoms with Crippen LogP contribution < -0.4 is 10.6 Å². The van der Waals surface area contributed by atoms with Crippen molar-refractivity contribution < 1.29 is 9.53 Å². The Balaban J connectivity index is 1.78. The number of hydrogen-bond donors (Lipinski definition) is 2. The van der Waals surface area contributed by atoms with Crippen LogP contribution in [0.5, 0.6) is 0 Å². The van der Waals surface area contributed by atoms with Crippen molar-refractivity contribution >= 4 is 11.9 Å². The average Bonchev–Trinajstić information content (AvgIpc) is 2.75. The summed E-state index contributed by atoms with van der Waals surface area (Å²) in [6.45, 7) is 9.86. The Morgan fingerprint density at radius 2 is 1.94 bits per heavy atom. The molecule has 1 aliphatic heterocycles. The summed E-state index contributed by atoms with van der Waals surface area (Å²) in [4.78, 5) is 20.6. The van der Waals surface area contributed by atoms with E-state index in [1.54, 1.807) is 19.0 Å². The van der Waals surface area contributed by atoms with Gasteiger partial charge >= 0.3 is 0 Å². The van der Waals surface area contributed by atoms with Crippen molar-refractivity contribution in [3.05, 3.63) is 35.9 Å². The van der Waals surface area contributed by atoms with Gasteiger partial charge in [0.25, 0.3) is 0 Å². The first kappa shape index (κ1) is 25.1. The third-order valence-electron chi connectivity index (χ3n) is 5.26. The zero-order valence-corrected chi connectivity index (χ0v) is 19.8. The first-order valence-electron chi connectivity index (χ1n) is 11.5. The van der Waals surface area contributed by atoms with Crippen LogP contribution in [0.15, 0.2) is 35.3 Å². The summed E-state index contributed by atoms with van der Waals surface area (Å²) < 4.78 is 5.65. The molecular formula is C24H41N5O2. The highest BCUT2D eigenvalue weighted by Gasteiger charge is 2.20. The van der Waals surface area contributed by atoms with Crippen LogP contribution in [0.4, 0.5) is 0 Å². The van der Waals surface area contributed by atoms with Crippen molar-refractivity contribution in [1.82, 2.24) is 20.4 Å². The Kier molecular flexibility index (Phi) is 11.4. The van der Waals surface area contributed by atoms with Crippen molar-refractivity contribution in [3.63, 3.8) is 0 Å². The van der Waals surface area contributed by atoms with Crippen LogP contribution in [0.3, 0.4) is 0 Å². The van der Waals surface area contributed by atoms with Gasteiger partial charge in [-0.15, -0.1) is 0 Å². The van der Waals surface area contributed by atoms with E-state index in [2.05, 4.69) is 64.7 Å². The summed E-state index contributed by atoms with van der Waals surface area (Å²) in [6.07, 6.45) is 3.03. The van der Waals surface area contributed by atoms with Gasteiger partial charge in [-0.05, 0) is 30.7 Å². The lowest BCUT2D eigenvalue weighted by Crippen LogP contribution is -2.49. The van der Waals surface area contributed by atoms with Gasteiger partial charge in [0.2, 0.25) is 5.91 Å². The number of likely N-dealkylation sites (N-methyl/N-ethyl adjacent to an activating group) is 1. The third-order valence-corrected chi connectivity index (χ3v) is 5.26. The molecule has 0 atom stereocenters. The van der Waals surface area contributed by atoms with E-state index in [1.807, 2.05) is 0 Å². The molecule has 31 heavy (non-hydrogen) atoms. The molecule has 1 fully saturated rings. The fraction of sp³-hybridized carbons (Fsp3) is 0.667. The molecule has 0 bridgehead atoms. The summed E-state index contributed by atoms with van der Waals surface area (Å²) >= 11 is 0. The number of carbonyl (C=O) groups excluding carboxylic acids is 1.